The third-order valence-corrected chi connectivity index (χ3v) is 7.19. The number of carbonyl (C=O) groups excluding carboxylic acids is 1. The quantitative estimate of drug-likeness (QED) is 0.653. The Morgan fingerprint density at radius 3 is 2.71 bits per heavy atom. The zero-order valence-electron chi connectivity index (χ0n) is 17.8. The summed E-state index contributed by atoms with van der Waals surface area (Å²) in [5.41, 5.74) is 3.38. The van der Waals surface area contributed by atoms with Gasteiger partial charge in [0.25, 0.3) is 5.91 Å². The molecule has 3 aliphatic rings. The van der Waals surface area contributed by atoms with Gasteiger partial charge in [0, 0.05) is 51.3 Å². The van der Waals surface area contributed by atoms with Crippen molar-refractivity contribution < 1.29 is 9.53 Å². The minimum atomic E-state index is -0.440. The van der Waals surface area contributed by atoms with Crippen LogP contribution < -0.4 is 4.74 Å². The molecule has 0 N–H and O–H groups in total. The molecule has 0 bridgehead atoms. The SMILES string of the molecule is Cn1ccc(C(=O)N2CCC3(CC2)Oc2ccccc2-c2ncn(CC4CCC4)c23)n1. The van der Waals surface area contributed by atoms with Crippen molar-refractivity contribution in [3.8, 4) is 17.0 Å². The number of nitrogens with zero attached hydrogens (tertiary/aromatic N) is 5. The molecule has 7 nitrogen and oxygen atoms in total. The van der Waals surface area contributed by atoms with E-state index in [4.69, 9.17) is 9.72 Å². The molecule has 1 aromatic carbocycles. The van der Waals surface area contributed by atoms with Crippen LogP contribution in [0, 0.1) is 5.92 Å². The molecule has 1 aliphatic carbocycles. The van der Waals surface area contributed by atoms with Gasteiger partial charge in [-0.25, -0.2) is 4.98 Å². The summed E-state index contributed by atoms with van der Waals surface area (Å²) >= 11 is 0. The van der Waals surface area contributed by atoms with Crippen LogP contribution in [0.4, 0.5) is 0 Å². The molecule has 6 rings (SSSR count). The van der Waals surface area contributed by atoms with E-state index in [-0.39, 0.29) is 5.91 Å². The topological polar surface area (TPSA) is 65.2 Å². The van der Waals surface area contributed by atoms with Crippen LogP contribution in [-0.4, -0.2) is 43.2 Å². The van der Waals surface area contributed by atoms with Gasteiger partial charge < -0.3 is 14.2 Å². The van der Waals surface area contributed by atoms with E-state index in [1.54, 1.807) is 10.7 Å². The minimum Gasteiger partial charge on any atom is -0.480 e. The molecule has 3 aromatic rings. The Hall–Kier alpha value is -3.09. The largest absolute Gasteiger partial charge is 0.480 e. The summed E-state index contributed by atoms with van der Waals surface area (Å²) in [6.45, 7) is 2.30. The molecule has 1 spiro atoms. The number of piperidine rings is 1. The van der Waals surface area contributed by atoms with Crippen LogP contribution in [0.25, 0.3) is 11.3 Å². The second kappa shape index (κ2) is 6.97. The average Bonchev–Trinajstić information content (AvgIpc) is 3.38. The second-order valence-corrected chi connectivity index (χ2v) is 9.15. The molecule has 2 aliphatic heterocycles. The first-order valence-corrected chi connectivity index (χ1v) is 11.3. The lowest BCUT2D eigenvalue weighted by Gasteiger charge is -2.45. The van der Waals surface area contributed by atoms with Crippen LogP contribution in [0.2, 0.25) is 0 Å². The van der Waals surface area contributed by atoms with Crippen LogP contribution in [0.3, 0.4) is 0 Å². The molecular formula is C24H27N5O2. The van der Waals surface area contributed by atoms with E-state index in [9.17, 15) is 4.79 Å². The van der Waals surface area contributed by atoms with E-state index in [0.29, 0.717) is 18.8 Å². The summed E-state index contributed by atoms with van der Waals surface area (Å²) in [5, 5.41) is 4.29. The molecule has 7 heteroatoms. The number of imidazole rings is 1. The number of hydrogen-bond acceptors (Lipinski definition) is 4. The summed E-state index contributed by atoms with van der Waals surface area (Å²) in [6.07, 6.45) is 9.24. The molecule has 4 heterocycles. The molecule has 1 amide bonds. The fourth-order valence-electron chi connectivity index (χ4n) is 5.26. The number of benzene rings is 1. The first-order chi connectivity index (χ1) is 15.1. The lowest BCUT2D eigenvalue weighted by Crippen LogP contribution is -2.50. The van der Waals surface area contributed by atoms with E-state index in [0.717, 1.165) is 42.3 Å². The predicted octanol–water partition coefficient (Wildman–Crippen LogP) is 3.61. The smallest absolute Gasteiger partial charge is 0.274 e. The lowest BCUT2D eigenvalue weighted by atomic mass is 9.82. The number of aryl methyl sites for hydroxylation is 1. The van der Waals surface area contributed by atoms with Crippen LogP contribution >= 0.6 is 0 Å². The van der Waals surface area contributed by atoms with Crippen molar-refractivity contribution in [2.24, 2.45) is 13.0 Å². The van der Waals surface area contributed by atoms with Gasteiger partial charge in [0.2, 0.25) is 0 Å². The maximum Gasteiger partial charge on any atom is 0.274 e. The molecular weight excluding hydrogens is 390 g/mol. The Morgan fingerprint density at radius 1 is 1.19 bits per heavy atom. The monoisotopic (exact) mass is 417 g/mol. The Bertz CT molecular complexity index is 1130. The zero-order valence-corrected chi connectivity index (χ0v) is 17.8. The van der Waals surface area contributed by atoms with Gasteiger partial charge in [0.1, 0.15) is 11.4 Å². The number of carbonyl (C=O) groups is 1. The van der Waals surface area contributed by atoms with E-state index in [1.807, 2.05) is 42.7 Å². The molecule has 31 heavy (non-hydrogen) atoms. The molecule has 0 unspecified atom stereocenters. The van der Waals surface area contributed by atoms with Crippen LogP contribution in [0.5, 0.6) is 5.75 Å². The van der Waals surface area contributed by atoms with Gasteiger partial charge in [-0.15, -0.1) is 0 Å². The Kier molecular flexibility index (Phi) is 4.20. The number of ether oxygens (including phenoxy) is 1. The van der Waals surface area contributed by atoms with Gasteiger partial charge in [-0.05, 0) is 37.0 Å². The number of para-hydroxylation sites is 1. The highest BCUT2D eigenvalue weighted by molar-refractivity contribution is 5.92. The van der Waals surface area contributed by atoms with Crippen molar-refractivity contribution in [2.75, 3.05) is 13.1 Å². The maximum absolute atomic E-state index is 12.9. The summed E-state index contributed by atoms with van der Waals surface area (Å²) in [7, 11) is 1.83. The normalized spacial score (nSPS) is 19.5. The first-order valence-electron chi connectivity index (χ1n) is 11.3. The van der Waals surface area contributed by atoms with Gasteiger partial charge in [-0.3, -0.25) is 9.48 Å². The number of amides is 1. The van der Waals surface area contributed by atoms with E-state index in [2.05, 4.69) is 15.7 Å². The lowest BCUT2D eigenvalue weighted by molar-refractivity contribution is -0.00824. The molecule has 2 fully saturated rings. The summed E-state index contributed by atoms with van der Waals surface area (Å²) < 4.78 is 10.7. The van der Waals surface area contributed by atoms with Crippen molar-refractivity contribution in [3.63, 3.8) is 0 Å². The number of aromatic nitrogens is 4. The first kappa shape index (κ1) is 18.7. The van der Waals surface area contributed by atoms with Gasteiger partial charge in [0.15, 0.2) is 5.60 Å². The summed E-state index contributed by atoms with van der Waals surface area (Å²) in [6, 6.07) is 9.98. The highest BCUT2D eigenvalue weighted by Crippen LogP contribution is 2.49. The van der Waals surface area contributed by atoms with Gasteiger partial charge in [0.05, 0.1) is 17.7 Å². The fourth-order valence-corrected chi connectivity index (χ4v) is 5.26. The van der Waals surface area contributed by atoms with Crippen LogP contribution in [0.15, 0.2) is 42.9 Å². The maximum atomic E-state index is 12.9. The molecule has 1 saturated heterocycles. The molecule has 1 saturated carbocycles. The Morgan fingerprint density at radius 2 is 2.00 bits per heavy atom. The number of likely N-dealkylation sites (tertiary alicyclic amines) is 1. The van der Waals surface area contributed by atoms with Gasteiger partial charge >= 0.3 is 0 Å². The van der Waals surface area contributed by atoms with E-state index in [1.165, 1.54) is 25.0 Å². The third kappa shape index (κ3) is 2.98. The standard InChI is InChI=1S/C24H27N5O2/c1-27-12-9-19(26-27)23(30)28-13-10-24(11-14-28)22-21(18-7-2-3-8-20(18)31-24)25-16-29(22)15-17-5-4-6-17/h2-3,7-9,12,16-17H,4-6,10-11,13-15H2,1H3. The average molecular weight is 418 g/mol. The highest BCUT2D eigenvalue weighted by atomic mass is 16.5. The summed E-state index contributed by atoms with van der Waals surface area (Å²) in [4.78, 5) is 19.7. The van der Waals surface area contributed by atoms with Crippen LogP contribution in [0.1, 0.15) is 48.3 Å². The van der Waals surface area contributed by atoms with Crippen molar-refractivity contribution in [2.45, 2.75) is 44.2 Å². The molecule has 160 valence electrons. The van der Waals surface area contributed by atoms with Gasteiger partial charge in [-0.1, -0.05) is 18.6 Å². The number of rotatable bonds is 3. The van der Waals surface area contributed by atoms with Crippen LogP contribution in [-0.2, 0) is 19.2 Å². The molecule has 2 aromatic heterocycles. The molecule has 0 radical (unpaired) electrons. The fraction of sp³-hybridized carbons (Fsp3) is 0.458. The summed E-state index contributed by atoms with van der Waals surface area (Å²) in [5.74, 6) is 1.63. The van der Waals surface area contributed by atoms with Crippen molar-refractivity contribution in [1.29, 1.82) is 0 Å². The Labute approximate surface area is 181 Å². The van der Waals surface area contributed by atoms with Crippen molar-refractivity contribution >= 4 is 5.91 Å². The van der Waals surface area contributed by atoms with E-state index >= 15 is 0 Å². The number of fused-ring (bicyclic) bond motifs is 4. The highest BCUT2D eigenvalue weighted by Gasteiger charge is 2.47. The Balaban J connectivity index is 1.33. The van der Waals surface area contributed by atoms with Crippen molar-refractivity contribution in [1.82, 2.24) is 24.2 Å². The van der Waals surface area contributed by atoms with E-state index < -0.39 is 5.60 Å². The minimum absolute atomic E-state index is 0.00476. The van der Waals surface area contributed by atoms with Gasteiger partial charge in [-0.2, -0.15) is 5.10 Å². The van der Waals surface area contributed by atoms with Crippen molar-refractivity contribution in [3.05, 3.63) is 54.2 Å². The third-order valence-electron chi connectivity index (χ3n) is 7.19. The second-order valence-electron chi connectivity index (χ2n) is 9.15. The number of hydrogen-bond donors (Lipinski definition) is 0. The molecule has 0 atom stereocenters. The zero-order chi connectivity index (χ0) is 21.0. The predicted molar refractivity (Wildman–Crippen MR) is 116 cm³/mol.